The number of hydrogen-bond acceptors (Lipinski definition) is 4. The lowest BCUT2D eigenvalue weighted by molar-refractivity contribution is 0.610. The van der Waals surface area contributed by atoms with Crippen LogP contribution in [0, 0.1) is 5.41 Å². The van der Waals surface area contributed by atoms with Crippen LogP contribution in [-0.4, -0.2) is 23.1 Å². The topological polar surface area (TPSA) is 49.8 Å². The van der Waals surface area contributed by atoms with Crippen molar-refractivity contribution >= 4 is 22.7 Å². The minimum absolute atomic E-state index is 0.461. The van der Waals surface area contributed by atoms with Crippen LogP contribution in [-0.2, 0) is 0 Å². The molecule has 1 saturated carbocycles. The van der Waals surface area contributed by atoms with Gasteiger partial charge in [0.25, 0.3) is 0 Å². The molecule has 106 valence electrons. The predicted octanol–water partition coefficient (Wildman–Crippen LogP) is 3.66. The van der Waals surface area contributed by atoms with E-state index in [-0.39, 0.29) is 0 Å². The summed E-state index contributed by atoms with van der Waals surface area (Å²) in [5.41, 5.74) is 1.45. The maximum atomic E-state index is 4.64. The van der Waals surface area contributed by atoms with Gasteiger partial charge in [-0.1, -0.05) is 26.0 Å². The SMILES string of the molecule is CCCNc1nc(NCC2(C)CC2)c2ccccc2n1. The van der Waals surface area contributed by atoms with E-state index in [2.05, 4.69) is 40.5 Å². The van der Waals surface area contributed by atoms with Crippen LogP contribution >= 0.6 is 0 Å². The van der Waals surface area contributed by atoms with Crippen molar-refractivity contribution in [3.8, 4) is 0 Å². The summed E-state index contributed by atoms with van der Waals surface area (Å²) in [4.78, 5) is 9.21. The zero-order chi connectivity index (χ0) is 14.0. The molecular formula is C16H22N4. The van der Waals surface area contributed by atoms with Gasteiger partial charge in [-0.3, -0.25) is 0 Å². The Labute approximate surface area is 120 Å². The van der Waals surface area contributed by atoms with Gasteiger partial charge >= 0.3 is 0 Å². The molecule has 0 unspecified atom stereocenters. The number of hydrogen-bond donors (Lipinski definition) is 2. The molecule has 1 fully saturated rings. The van der Waals surface area contributed by atoms with E-state index in [1.54, 1.807) is 0 Å². The molecular weight excluding hydrogens is 248 g/mol. The largest absolute Gasteiger partial charge is 0.369 e. The van der Waals surface area contributed by atoms with E-state index in [1.807, 2.05) is 18.2 Å². The van der Waals surface area contributed by atoms with E-state index in [1.165, 1.54) is 12.8 Å². The zero-order valence-corrected chi connectivity index (χ0v) is 12.2. The first kappa shape index (κ1) is 13.2. The first-order valence-corrected chi connectivity index (χ1v) is 7.45. The summed E-state index contributed by atoms with van der Waals surface area (Å²) in [5.74, 6) is 1.66. The van der Waals surface area contributed by atoms with Gasteiger partial charge in [0.05, 0.1) is 5.52 Å². The van der Waals surface area contributed by atoms with Crippen LogP contribution < -0.4 is 10.6 Å². The smallest absolute Gasteiger partial charge is 0.225 e. The van der Waals surface area contributed by atoms with Crippen molar-refractivity contribution in [2.24, 2.45) is 5.41 Å². The Morgan fingerprint density at radius 2 is 1.95 bits per heavy atom. The van der Waals surface area contributed by atoms with Gasteiger partial charge in [0.2, 0.25) is 5.95 Å². The van der Waals surface area contributed by atoms with E-state index < -0.39 is 0 Å². The second-order valence-electron chi connectivity index (χ2n) is 6.00. The Morgan fingerprint density at radius 1 is 1.15 bits per heavy atom. The molecule has 4 heteroatoms. The van der Waals surface area contributed by atoms with Gasteiger partial charge in [0, 0.05) is 18.5 Å². The number of rotatable bonds is 6. The van der Waals surface area contributed by atoms with Gasteiger partial charge in [-0.15, -0.1) is 0 Å². The third-order valence-electron chi connectivity index (χ3n) is 3.92. The van der Waals surface area contributed by atoms with Crippen molar-refractivity contribution in [2.45, 2.75) is 33.1 Å². The predicted molar refractivity (Wildman–Crippen MR) is 84.1 cm³/mol. The highest BCUT2D eigenvalue weighted by molar-refractivity contribution is 5.90. The summed E-state index contributed by atoms with van der Waals surface area (Å²) in [6.45, 7) is 6.34. The van der Waals surface area contributed by atoms with E-state index in [0.717, 1.165) is 36.2 Å². The summed E-state index contributed by atoms with van der Waals surface area (Å²) in [6, 6.07) is 8.18. The van der Waals surface area contributed by atoms with Gasteiger partial charge < -0.3 is 10.6 Å². The van der Waals surface area contributed by atoms with Crippen molar-refractivity contribution < 1.29 is 0 Å². The van der Waals surface area contributed by atoms with E-state index in [0.29, 0.717) is 11.4 Å². The van der Waals surface area contributed by atoms with Crippen molar-refractivity contribution in [1.82, 2.24) is 9.97 Å². The zero-order valence-electron chi connectivity index (χ0n) is 12.2. The molecule has 1 aromatic carbocycles. The summed E-state index contributed by atoms with van der Waals surface area (Å²) >= 11 is 0. The Balaban J connectivity index is 1.89. The van der Waals surface area contributed by atoms with Gasteiger partial charge in [-0.05, 0) is 36.8 Å². The van der Waals surface area contributed by atoms with Crippen LogP contribution in [0.3, 0.4) is 0 Å². The fraction of sp³-hybridized carbons (Fsp3) is 0.500. The monoisotopic (exact) mass is 270 g/mol. The van der Waals surface area contributed by atoms with Crippen LogP contribution in [0.15, 0.2) is 24.3 Å². The number of para-hydroxylation sites is 1. The summed E-state index contributed by atoms with van der Waals surface area (Å²) < 4.78 is 0. The maximum Gasteiger partial charge on any atom is 0.225 e. The van der Waals surface area contributed by atoms with Crippen LogP contribution in [0.2, 0.25) is 0 Å². The summed E-state index contributed by atoms with van der Waals surface area (Å²) in [5, 5.41) is 7.89. The Bertz CT molecular complexity index is 604. The molecule has 4 nitrogen and oxygen atoms in total. The van der Waals surface area contributed by atoms with Gasteiger partial charge in [-0.2, -0.15) is 4.98 Å². The second-order valence-corrected chi connectivity index (χ2v) is 6.00. The van der Waals surface area contributed by atoms with Crippen molar-refractivity contribution in [2.75, 3.05) is 23.7 Å². The lowest BCUT2D eigenvalue weighted by atomic mass is 10.1. The fourth-order valence-electron chi connectivity index (χ4n) is 2.21. The van der Waals surface area contributed by atoms with Crippen LogP contribution in [0.1, 0.15) is 33.1 Å². The number of anilines is 2. The average Bonchev–Trinajstić information content (AvgIpc) is 3.21. The minimum atomic E-state index is 0.461. The van der Waals surface area contributed by atoms with E-state index >= 15 is 0 Å². The number of aromatic nitrogens is 2. The highest BCUT2D eigenvalue weighted by Gasteiger charge is 2.36. The lowest BCUT2D eigenvalue weighted by Crippen LogP contribution is -2.14. The molecule has 1 aliphatic carbocycles. The van der Waals surface area contributed by atoms with Crippen LogP contribution in [0.25, 0.3) is 10.9 Å². The van der Waals surface area contributed by atoms with Crippen molar-refractivity contribution in [1.29, 1.82) is 0 Å². The number of benzene rings is 1. The summed E-state index contributed by atoms with van der Waals surface area (Å²) in [7, 11) is 0. The molecule has 0 aliphatic heterocycles. The third kappa shape index (κ3) is 2.84. The Kier molecular flexibility index (Phi) is 3.47. The molecule has 1 heterocycles. The molecule has 20 heavy (non-hydrogen) atoms. The van der Waals surface area contributed by atoms with E-state index in [4.69, 9.17) is 0 Å². The molecule has 0 amide bonds. The lowest BCUT2D eigenvalue weighted by Gasteiger charge is -2.14. The Morgan fingerprint density at radius 3 is 2.70 bits per heavy atom. The molecule has 0 atom stereocenters. The van der Waals surface area contributed by atoms with Crippen molar-refractivity contribution in [3.05, 3.63) is 24.3 Å². The molecule has 1 aliphatic rings. The van der Waals surface area contributed by atoms with Gasteiger partial charge in [0.1, 0.15) is 5.82 Å². The van der Waals surface area contributed by atoms with Crippen LogP contribution in [0.5, 0.6) is 0 Å². The highest BCUT2D eigenvalue weighted by atomic mass is 15.1. The molecule has 1 aromatic heterocycles. The maximum absolute atomic E-state index is 4.64. The standard InChI is InChI=1S/C16H22N4/c1-3-10-17-15-19-13-7-5-4-6-12(13)14(20-15)18-11-16(2)8-9-16/h4-7H,3,8-11H2,1-2H3,(H2,17,18,19,20). The molecule has 0 radical (unpaired) electrons. The van der Waals surface area contributed by atoms with E-state index in [9.17, 15) is 0 Å². The first-order valence-electron chi connectivity index (χ1n) is 7.45. The van der Waals surface area contributed by atoms with Crippen molar-refractivity contribution in [3.63, 3.8) is 0 Å². The first-order chi connectivity index (χ1) is 9.70. The quantitative estimate of drug-likeness (QED) is 0.841. The average molecular weight is 270 g/mol. The van der Waals surface area contributed by atoms with Gasteiger partial charge in [-0.25, -0.2) is 4.98 Å². The number of nitrogens with one attached hydrogen (secondary N) is 2. The molecule has 2 aromatic rings. The molecule has 0 bridgehead atoms. The fourth-order valence-corrected chi connectivity index (χ4v) is 2.21. The second kappa shape index (κ2) is 5.27. The number of fused-ring (bicyclic) bond motifs is 1. The summed E-state index contributed by atoms with van der Waals surface area (Å²) in [6.07, 6.45) is 3.69. The number of nitrogens with zero attached hydrogens (tertiary/aromatic N) is 2. The third-order valence-corrected chi connectivity index (χ3v) is 3.92. The highest BCUT2D eigenvalue weighted by Crippen LogP contribution is 2.44. The Hall–Kier alpha value is -1.84. The molecule has 3 rings (SSSR count). The molecule has 0 saturated heterocycles. The normalized spacial score (nSPS) is 16.1. The molecule has 0 spiro atoms. The minimum Gasteiger partial charge on any atom is -0.369 e. The molecule has 2 N–H and O–H groups in total. The van der Waals surface area contributed by atoms with Crippen LogP contribution in [0.4, 0.5) is 11.8 Å². The van der Waals surface area contributed by atoms with Gasteiger partial charge in [0.15, 0.2) is 0 Å².